The number of amides is 1. The van der Waals surface area contributed by atoms with Crippen molar-refractivity contribution in [1.29, 1.82) is 0 Å². The number of halogens is 1. The fourth-order valence-electron chi connectivity index (χ4n) is 3.69. The number of anilines is 1. The van der Waals surface area contributed by atoms with Gasteiger partial charge in [-0.3, -0.25) is 14.6 Å². The molecule has 1 aliphatic heterocycles. The molecule has 0 atom stereocenters. The second-order valence-electron chi connectivity index (χ2n) is 7.80. The maximum atomic E-state index is 13.7. The van der Waals surface area contributed by atoms with Crippen molar-refractivity contribution in [1.82, 2.24) is 9.88 Å². The highest BCUT2D eigenvalue weighted by atomic mass is 32.2. The van der Waals surface area contributed by atoms with Gasteiger partial charge in [0.15, 0.2) is 15.0 Å². The molecule has 0 radical (unpaired) electrons. The summed E-state index contributed by atoms with van der Waals surface area (Å²) in [5.41, 5.74) is 1.01. The lowest BCUT2D eigenvalue weighted by molar-refractivity contribution is 0.0376. The lowest BCUT2D eigenvalue weighted by Crippen LogP contribution is -2.39. The zero-order valence-corrected chi connectivity index (χ0v) is 20.0. The summed E-state index contributed by atoms with van der Waals surface area (Å²) >= 11 is 1.26. The van der Waals surface area contributed by atoms with Crippen molar-refractivity contribution >= 4 is 42.4 Å². The van der Waals surface area contributed by atoms with Gasteiger partial charge in [0.2, 0.25) is 0 Å². The summed E-state index contributed by atoms with van der Waals surface area (Å²) in [4.78, 5) is 22.1. The van der Waals surface area contributed by atoms with E-state index in [-0.39, 0.29) is 22.4 Å². The molecule has 1 fully saturated rings. The Bertz CT molecular complexity index is 1220. The van der Waals surface area contributed by atoms with Crippen LogP contribution in [0.25, 0.3) is 10.2 Å². The Morgan fingerprint density at radius 3 is 2.61 bits per heavy atom. The van der Waals surface area contributed by atoms with E-state index in [1.165, 1.54) is 47.7 Å². The molecule has 10 heteroatoms. The zero-order chi connectivity index (χ0) is 23.4. The molecule has 2 heterocycles. The number of ether oxygens (including phenoxy) is 1. The Morgan fingerprint density at radius 2 is 1.91 bits per heavy atom. The molecule has 4 rings (SSSR count). The zero-order valence-electron chi connectivity index (χ0n) is 18.4. The molecule has 0 saturated carbocycles. The number of rotatable bonds is 8. The van der Waals surface area contributed by atoms with Crippen LogP contribution in [0, 0.1) is 5.82 Å². The fourth-order valence-corrected chi connectivity index (χ4v) is 5.59. The van der Waals surface area contributed by atoms with Gasteiger partial charge in [-0.05, 0) is 48.9 Å². The Hall–Kier alpha value is -2.40. The number of sulfone groups is 1. The molecule has 7 nitrogen and oxygen atoms in total. The number of morpholine rings is 1. The monoisotopic (exact) mass is 491 g/mol. The van der Waals surface area contributed by atoms with Crippen molar-refractivity contribution < 1.29 is 22.3 Å². The average Bonchev–Trinajstić information content (AvgIpc) is 3.25. The second-order valence-corrected chi connectivity index (χ2v) is 11.1. The third kappa shape index (κ3) is 5.57. The minimum Gasteiger partial charge on any atom is -0.379 e. The van der Waals surface area contributed by atoms with E-state index in [4.69, 9.17) is 4.74 Å². The number of thiazole rings is 1. The minimum atomic E-state index is -3.35. The number of carbonyl (C=O) groups is 1. The number of aromatic nitrogens is 1. The lowest BCUT2D eigenvalue weighted by atomic mass is 10.2. The van der Waals surface area contributed by atoms with Crippen LogP contribution in [0.1, 0.15) is 23.7 Å². The van der Waals surface area contributed by atoms with Gasteiger partial charge in [-0.2, -0.15) is 0 Å². The molecule has 2 aromatic carbocycles. The van der Waals surface area contributed by atoms with E-state index in [2.05, 4.69) is 9.88 Å². The molecular formula is C23H26FN3O4S2. The average molecular weight is 492 g/mol. The second kappa shape index (κ2) is 10.3. The third-order valence-corrected chi connectivity index (χ3v) is 8.41. The van der Waals surface area contributed by atoms with E-state index in [1.54, 1.807) is 17.9 Å². The van der Waals surface area contributed by atoms with Crippen molar-refractivity contribution in [2.24, 2.45) is 0 Å². The fraction of sp³-hybridized carbons (Fsp3) is 0.391. The van der Waals surface area contributed by atoms with Gasteiger partial charge in [0.25, 0.3) is 5.91 Å². The standard InChI is InChI=1S/C23H26FN3O4S2/c1-2-33(29,30)19-7-4-17(5-8-19)22(28)27(11-3-10-26-12-14-31-15-13-26)23-25-20-9-6-18(24)16-21(20)32-23/h4-9,16H,2-3,10-15H2,1H3. The Balaban J connectivity index is 1.58. The predicted molar refractivity (Wildman–Crippen MR) is 127 cm³/mol. The van der Waals surface area contributed by atoms with E-state index in [9.17, 15) is 17.6 Å². The summed E-state index contributed by atoms with van der Waals surface area (Å²) in [5, 5.41) is 0.493. The van der Waals surface area contributed by atoms with Crippen LogP contribution in [0.5, 0.6) is 0 Å². The minimum absolute atomic E-state index is 0.00375. The molecule has 1 saturated heterocycles. The first-order chi connectivity index (χ1) is 15.9. The first-order valence-electron chi connectivity index (χ1n) is 10.9. The highest BCUT2D eigenvalue weighted by molar-refractivity contribution is 7.91. The smallest absolute Gasteiger partial charge is 0.260 e. The molecule has 1 aromatic heterocycles. The Labute approximate surface area is 196 Å². The van der Waals surface area contributed by atoms with Gasteiger partial charge in [-0.25, -0.2) is 17.8 Å². The molecule has 0 unspecified atom stereocenters. The Morgan fingerprint density at radius 1 is 1.18 bits per heavy atom. The van der Waals surface area contributed by atoms with Crippen LogP contribution in [-0.2, 0) is 14.6 Å². The van der Waals surface area contributed by atoms with Crippen LogP contribution >= 0.6 is 11.3 Å². The van der Waals surface area contributed by atoms with E-state index in [0.717, 1.165) is 26.1 Å². The first kappa shape index (κ1) is 23.7. The van der Waals surface area contributed by atoms with Crippen LogP contribution in [0.2, 0.25) is 0 Å². The van der Waals surface area contributed by atoms with Crippen LogP contribution < -0.4 is 4.90 Å². The van der Waals surface area contributed by atoms with Crippen molar-refractivity contribution in [2.45, 2.75) is 18.2 Å². The summed E-state index contributed by atoms with van der Waals surface area (Å²) in [6, 6.07) is 10.4. The van der Waals surface area contributed by atoms with Gasteiger partial charge in [0.05, 0.1) is 34.1 Å². The van der Waals surface area contributed by atoms with Gasteiger partial charge in [-0.15, -0.1) is 0 Å². The predicted octanol–water partition coefficient (Wildman–Crippen LogP) is 3.60. The van der Waals surface area contributed by atoms with E-state index in [1.807, 2.05) is 0 Å². The molecule has 1 aliphatic rings. The number of hydrogen-bond donors (Lipinski definition) is 0. The third-order valence-electron chi connectivity index (χ3n) is 5.62. The largest absolute Gasteiger partial charge is 0.379 e. The highest BCUT2D eigenvalue weighted by Crippen LogP contribution is 2.30. The molecule has 33 heavy (non-hydrogen) atoms. The van der Waals surface area contributed by atoms with Crippen molar-refractivity contribution in [3.8, 4) is 0 Å². The van der Waals surface area contributed by atoms with Crippen molar-refractivity contribution in [2.75, 3.05) is 50.0 Å². The molecule has 1 amide bonds. The van der Waals surface area contributed by atoms with Gasteiger partial charge in [0.1, 0.15) is 5.82 Å². The summed E-state index contributed by atoms with van der Waals surface area (Å²) in [6.07, 6.45) is 0.734. The topological polar surface area (TPSA) is 79.8 Å². The lowest BCUT2D eigenvalue weighted by Gasteiger charge is -2.27. The number of carbonyl (C=O) groups excluding carboxylic acids is 1. The molecule has 3 aromatic rings. The van der Waals surface area contributed by atoms with Gasteiger partial charge >= 0.3 is 0 Å². The molecule has 0 aliphatic carbocycles. The molecule has 0 bridgehead atoms. The van der Waals surface area contributed by atoms with Crippen molar-refractivity contribution in [3.63, 3.8) is 0 Å². The summed E-state index contributed by atoms with van der Waals surface area (Å²) < 4.78 is 43.9. The summed E-state index contributed by atoms with van der Waals surface area (Å²) in [5.74, 6) is -0.622. The maximum Gasteiger partial charge on any atom is 0.260 e. The SMILES string of the molecule is CCS(=O)(=O)c1ccc(C(=O)N(CCCN2CCOCC2)c2nc3ccc(F)cc3s2)cc1. The number of hydrogen-bond acceptors (Lipinski definition) is 7. The van der Waals surface area contributed by atoms with E-state index in [0.29, 0.717) is 40.7 Å². The molecule has 0 spiro atoms. The quantitative estimate of drug-likeness (QED) is 0.479. The maximum absolute atomic E-state index is 13.7. The van der Waals surface area contributed by atoms with Gasteiger partial charge in [-0.1, -0.05) is 18.3 Å². The molecular weight excluding hydrogens is 465 g/mol. The Kier molecular flexibility index (Phi) is 7.38. The van der Waals surface area contributed by atoms with Crippen LogP contribution in [-0.4, -0.2) is 69.4 Å². The van der Waals surface area contributed by atoms with E-state index < -0.39 is 9.84 Å². The summed E-state index contributed by atoms with van der Waals surface area (Å²) in [7, 11) is -3.35. The molecule has 0 N–H and O–H groups in total. The summed E-state index contributed by atoms with van der Waals surface area (Å²) in [6.45, 7) is 5.98. The van der Waals surface area contributed by atoms with Gasteiger partial charge in [0, 0.05) is 31.7 Å². The van der Waals surface area contributed by atoms with Gasteiger partial charge < -0.3 is 4.74 Å². The molecule has 176 valence electrons. The highest BCUT2D eigenvalue weighted by Gasteiger charge is 2.23. The van der Waals surface area contributed by atoms with Crippen LogP contribution in [0.4, 0.5) is 9.52 Å². The van der Waals surface area contributed by atoms with Crippen LogP contribution in [0.3, 0.4) is 0 Å². The first-order valence-corrected chi connectivity index (χ1v) is 13.3. The number of fused-ring (bicyclic) bond motifs is 1. The number of nitrogens with zero attached hydrogens (tertiary/aromatic N) is 3. The van der Waals surface area contributed by atoms with E-state index >= 15 is 0 Å². The normalized spacial score (nSPS) is 15.1. The number of benzene rings is 2. The van der Waals surface area contributed by atoms with Crippen LogP contribution in [0.15, 0.2) is 47.4 Å². The van der Waals surface area contributed by atoms with Crippen molar-refractivity contribution in [3.05, 3.63) is 53.8 Å².